The predicted octanol–water partition coefficient (Wildman–Crippen LogP) is 2.28. The minimum Gasteiger partial charge on any atom is -0.380 e. The molecular weight excluding hydrogens is 292 g/mol. The number of piperazine rings is 1. The van der Waals surface area contributed by atoms with Crippen molar-refractivity contribution in [3.8, 4) is 11.5 Å². The summed E-state index contributed by atoms with van der Waals surface area (Å²) in [5.41, 5.74) is 0.953. The van der Waals surface area contributed by atoms with Gasteiger partial charge < -0.3 is 14.2 Å². The summed E-state index contributed by atoms with van der Waals surface area (Å²) >= 11 is 0. The van der Waals surface area contributed by atoms with Gasteiger partial charge >= 0.3 is 0 Å². The molecule has 1 aliphatic heterocycles. The van der Waals surface area contributed by atoms with Crippen molar-refractivity contribution in [1.29, 1.82) is 0 Å². The minimum atomic E-state index is 0.447. The minimum absolute atomic E-state index is 0.447. The zero-order valence-electron chi connectivity index (χ0n) is 13.8. The molecule has 0 saturated carbocycles. The molecular formula is C17H24N4O2. The van der Waals surface area contributed by atoms with Crippen molar-refractivity contribution in [3.63, 3.8) is 0 Å². The topological polar surface area (TPSA) is 54.6 Å². The molecule has 1 atom stereocenters. The molecule has 1 fully saturated rings. The van der Waals surface area contributed by atoms with Crippen molar-refractivity contribution in [2.45, 2.75) is 19.9 Å². The lowest BCUT2D eigenvalue weighted by Crippen LogP contribution is -2.53. The number of benzene rings is 1. The molecule has 0 amide bonds. The zero-order chi connectivity index (χ0) is 16.1. The maximum absolute atomic E-state index is 5.45. The predicted molar refractivity (Wildman–Crippen MR) is 89.5 cm³/mol. The highest BCUT2D eigenvalue weighted by Crippen LogP contribution is 2.21. The number of ether oxygens (including phenoxy) is 1. The third kappa shape index (κ3) is 3.89. The summed E-state index contributed by atoms with van der Waals surface area (Å²) in [4.78, 5) is 9.19. The number of aromatic nitrogens is 2. The summed E-state index contributed by atoms with van der Waals surface area (Å²) in [5, 5.41) is 4.15. The van der Waals surface area contributed by atoms with Crippen molar-refractivity contribution >= 4 is 5.95 Å². The summed E-state index contributed by atoms with van der Waals surface area (Å²) < 4.78 is 10.9. The van der Waals surface area contributed by atoms with E-state index in [4.69, 9.17) is 9.26 Å². The van der Waals surface area contributed by atoms with Crippen molar-refractivity contribution in [2.24, 2.45) is 0 Å². The van der Waals surface area contributed by atoms with Crippen molar-refractivity contribution in [3.05, 3.63) is 30.3 Å². The summed E-state index contributed by atoms with van der Waals surface area (Å²) in [6.07, 6.45) is 0. The van der Waals surface area contributed by atoms with Crippen LogP contribution in [-0.2, 0) is 4.74 Å². The first-order chi connectivity index (χ1) is 11.3. The van der Waals surface area contributed by atoms with E-state index in [1.54, 1.807) is 0 Å². The van der Waals surface area contributed by atoms with Gasteiger partial charge in [0.2, 0.25) is 0 Å². The van der Waals surface area contributed by atoms with Crippen molar-refractivity contribution < 1.29 is 9.26 Å². The van der Waals surface area contributed by atoms with E-state index in [-0.39, 0.29) is 0 Å². The smallest absolute Gasteiger partial charge is 0.266 e. The third-order valence-corrected chi connectivity index (χ3v) is 4.21. The number of hydrogen-bond donors (Lipinski definition) is 0. The standard InChI is InChI=1S/C17H24N4O2/c1-3-22-12-11-20-9-10-21(13-14(20)2)17-18-16(23-19-17)15-7-5-4-6-8-15/h4-8,14H,3,9-13H2,1-2H3. The second-order valence-corrected chi connectivity index (χ2v) is 5.79. The van der Waals surface area contributed by atoms with Gasteiger partial charge in [-0.1, -0.05) is 18.2 Å². The van der Waals surface area contributed by atoms with E-state index in [9.17, 15) is 0 Å². The van der Waals surface area contributed by atoms with Crippen LogP contribution in [0.2, 0.25) is 0 Å². The highest BCUT2D eigenvalue weighted by atomic mass is 16.5. The van der Waals surface area contributed by atoms with Gasteiger partial charge in [-0.15, -0.1) is 0 Å². The van der Waals surface area contributed by atoms with E-state index >= 15 is 0 Å². The zero-order valence-corrected chi connectivity index (χ0v) is 13.8. The van der Waals surface area contributed by atoms with Gasteiger partial charge in [0.25, 0.3) is 11.8 Å². The molecule has 23 heavy (non-hydrogen) atoms. The average molecular weight is 316 g/mol. The summed E-state index contributed by atoms with van der Waals surface area (Å²) in [7, 11) is 0. The van der Waals surface area contributed by atoms with Crippen LogP contribution in [0.3, 0.4) is 0 Å². The molecule has 0 spiro atoms. The Bertz CT molecular complexity index is 602. The average Bonchev–Trinajstić information content (AvgIpc) is 3.07. The largest absolute Gasteiger partial charge is 0.380 e. The molecule has 6 heteroatoms. The Balaban J connectivity index is 1.60. The van der Waals surface area contributed by atoms with Crippen LogP contribution in [-0.4, -0.2) is 60.5 Å². The van der Waals surface area contributed by atoms with Gasteiger partial charge in [-0.2, -0.15) is 4.98 Å². The number of rotatable bonds is 6. The number of nitrogens with zero attached hydrogens (tertiary/aromatic N) is 4. The lowest BCUT2D eigenvalue weighted by atomic mass is 10.2. The molecule has 0 bridgehead atoms. The van der Waals surface area contributed by atoms with Crippen molar-refractivity contribution in [1.82, 2.24) is 15.0 Å². The van der Waals surface area contributed by atoms with E-state index in [1.807, 2.05) is 37.3 Å². The fraction of sp³-hybridized carbons (Fsp3) is 0.529. The van der Waals surface area contributed by atoms with Crippen molar-refractivity contribution in [2.75, 3.05) is 44.3 Å². The lowest BCUT2D eigenvalue weighted by molar-refractivity contribution is 0.0923. The van der Waals surface area contributed by atoms with E-state index in [0.29, 0.717) is 17.9 Å². The molecule has 1 aliphatic rings. The SMILES string of the molecule is CCOCCN1CCN(c2noc(-c3ccccc3)n2)CC1C. The second kappa shape index (κ2) is 7.57. The normalized spacial score (nSPS) is 19.2. The number of anilines is 1. The summed E-state index contributed by atoms with van der Waals surface area (Å²) in [6, 6.07) is 10.3. The van der Waals surface area contributed by atoms with Gasteiger partial charge in [0.15, 0.2) is 0 Å². The molecule has 3 rings (SSSR count). The molecule has 1 saturated heterocycles. The third-order valence-electron chi connectivity index (χ3n) is 4.21. The molecule has 0 radical (unpaired) electrons. The fourth-order valence-corrected chi connectivity index (χ4v) is 2.88. The van der Waals surface area contributed by atoms with Gasteiger partial charge in [0.05, 0.1) is 6.61 Å². The van der Waals surface area contributed by atoms with Crippen LogP contribution >= 0.6 is 0 Å². The molecule has 6 nitrogen and oxygen atoms in total. The Kier molecular flexibility index (Phi) is 5.25. The first-order valence-corrected chi connectivity index (χ1v) is 8.23. The van der Waals surface area contributed by atoms with Crippen LogP contribution in [0.5, 0.6) is 0 Å². The fourth-order valence-electron chi connectivity index (χ4n) is 2.88. The Morgan fingerprint density at radius 2 is 2.09 bits per heavy atom. The molecule has 2 aromatic rings. The molecule has 124 valence electrons. The Hall–Kier alpha value is -1.92. The Morgan fingerprint density at radius 1 is 1.26 bits per heavy atom. The Morgan fingerprint density at radius 3 is 2.83 bits per heavy atom. The van der Waals surface area contributed by atoms with Crippen LogP contribution in [0.25, 0.3) is 11.5 Å². The Labute approximate surface area is 137 Å². The molecule has 1 aromatic carbocycles. The molecule has 1 unspecified atom stereocenters. The van der Waals surface area contributed by atoms with Gasteiger partial charge in [-0.05, 0) is 31.1 Å². The van der Waals surface area contributed by atoms with E-state index < -0.39 is 0 Å². The van der Waals surface area contributed by atoms with Gasteiger partial charge in [-0.3, -0.25) is 4.90 Å². The lowest BCUT2D eigenvalue weighted by Gasteiger charge is -2.39. The maximum Gasteiger partial charge on any atom is 0.266 e. The van der Waals surface area contributed by atoms with Gasteiger partial charge in [-0.25, -0.2) is 0 Å². The van der Waals surface area contributed by atoms with E-state index in [2.05, 4.69) is 26.9 Å². The first kappa shape index (κ1) is 16.0. The maximum atomic E-state index is 5.45. The van der Waals surface area contributed by atoms with Crippen LogP contribution < -0.4 is 4.90 Å². The monoisotopic (exact) mass is 316 g/mol. The highest BCUT2D eigenvalue weighted by Gasteiger charge is 2.26. The van der Waals surface area contributed by atoms with Gasteiger partial charge in [0.1, 0.15) is 0 Å². The summed E-state index contributed by atoms with van der Waals surface area (Å²) in [6.45, 7) is 9.61. The molecule has 0 N–H and O–H groups in total. The molecule has 1 aromatic heterocycles. The first-order valence-electron chi connectivity index (χ1n) is 8.23. The quantitative estimate of drug-likeness (QED) is 0.762. The van der Waals surface area contributed by atoms with Crippen LogP contribution in [0.4, 0.5) is 5.95 Å². The van der Waals surface area contributed by atoms with E-state index in [1.165, 1.54) is 0 Å². The second-order valence-electron chi connectivity index (χ2n) is 5.79. The van der Waals surface area contributed by atoms with E-state index in [0.717, 1.165) is 45.0 Å². The van der Waals surface area contributed by atoms with Gasteiger partial charge in [0, 0.05) is 44.4 Å². The van der Waals surface area contributed by atoms with Crippen LogP contribution in [0.15, 0.2) is 34.9 Å². The number of hydrogen-bond acceptors (Lipinski definition) is 6. The molecule has 0 aliphatic carbocycles. The highest BCUT2D eigenvalue weighted by molar-refractivity contribution is 5.54. The van der Waals surface area contributed by atoms with Crippen LogP contribution in [0.1, 0.15) is 13.8 Å². The van der Waals surface area contributed by atoms with Crippen LogP contribution in [0, 0.1) is 0 Å². The summed E-state index contributed by atoms with van der Waals surface area (Å²) in [5.74, 6) is 1.26. The molecule has 2 heterocycles.